The number of anilines is 2. The van der Waals surface area contributed by atoms with Crippen molar-refractivity contribution in [2.45, 2.75) is 32.2 Å². The second-order valence-electron chi connectivity index (χ2n) is 6.39. The highest BCUT2D eigenvalue weighted by Gasteiger charge is 2.14. The van der Waals surface area contributed by atoms with Crippen LogP contribution in [0.15, 0.2) is 47.1 Å². The zero-order chi connectivity index (χ0) is 16.8. The van der Waals surface area contributed by atoms with Gasteiger partial charge in [0.15, 0.2) is 12.3 Å². The maximum atomic E-state index is 12.1. The van der Waals surface area contributed by atoms with E-state index in [2.05, 4.69) is 22.3 Å². The number of carbonyl (C=O) groups is 1. The number of piperidine rings is 1. The summed E-state index contributed by atoms with van der Waals surface area (Å²) in [6.07, 6.45) is 5.52. The molecule has 5 heteroatoms. The Hall–Kier alpha value is -2.27. The summed E-state index contributed by atoms with van der Waals surface area (Å²) in [4.78, 5) is 14.5. The molecular weight excluding hydrogens is 302 g/mol. The van der Waals surface area contributed by atoms with Crippen LogP contribution < -0.4 is 15.5 Å². The van der Waals surface area contributed by atoms with Crippen LogP contribution in [0.4, 0.5) is 11.4 Å². The van der Waals surface area contributed by atoms with Crippen LogP contribution >= 0.6 is 0 Å². The number of amides is 1. The van der Waals surface area contributed by atoms with E-state index in [-0.39, 0.29) is 11.9 Å². The Labute approximate surface area is 143 Å². The number of nitrogens with one attached hydrogen (secondary N) is 1. The number of quaternary nitrogens is 1. The third-order valence-corrected chi connectivity index (χ3v) is 4.52. The van der Waals surface area contributed by atoms with Gasteiger partial charge in [0.1, 0.15) is 6.04 Å². The maximum Gasteiger partial charge on any atom is 0.279 e. The second-order valence-corrected chi connectivity index (χ2v) is 6.39. The van der Waals surface area contributed by atoms with Crippen LogP contribution in [0.25, 0.3) is 0 Å². The maximum absolute atomic E-state index is 12.1. The van der Waals surface area contributed by atoms with Crippen LogP contribution in [-0.4, -0.2) is 25.5 Å². The fourth-order valence-corrected chi connectivity index (χ4v) is 3.07. The zero-order valence-electron chi connectivity index (χ0n) is 14.2. The normalized spacial score (nSPS) is 16.0. The third-order valence-electron chi connectivity index (χ3n) is 4.52. The average Bonchev–Trinajstić information content (AvgIpc) is 3.16. The highest BCUT2D eigenvalue weighted by molar-refractivity contribution is 5.91. The Kier molecular flexibility index (Phi) is 5.54. The van der Waals surface area contributed by atoms with Crippen molar-refractivity contribution in [3.8, 4) is 0 Å². The molecule has 3 rings (SSSR count). The van der Waals surface area contributed by atoms with Gasteiger partial charge in [0, 0.05) is 24.5 Å². The number of carbonyl (C=O) groups excluding carboxylic acids is 1. The minimum absolute atomic E-state index is 0.000807. The fraction of sp³-hybridized carbons (Fsp3) is 0.421. The molecular formula is C19H26N3O2+. The van der Waals surface area contributed by atoms with Gasteiger partial charge in [-0.15, -0.1) is 0 Å². The lowest BCUT2D eigenvalue weighted by Crippen LogP contribution is -2.86. The van der Waals surface area contributed by atoms with Crippen molar-refractivity contribution in [2.24, 2.45) is 0 Å². The lowest BCUT2D eigenvalue weighted by Gasteiger charge is -2.28. The molecule has 1 aliphatic rings. The van der Waals surface area contributed by atoms with Gasteiger partial charge in [-0.25, -0.2) is 0 Å². The van der Waals surface area contributed by atoms with E-state index in [1.54, 1.807) is 6.26 Å². The summed E-state index contributed by atoms with van der Waals surface area (Å²) in [5.74, 6) is 0.882. The van der Waals surface area contributed by atoms with Crippen LogP contribution in [-0.2, 0) is 4.79 Å². The molecule has 2 heterocycles. The molecule has 128 valence electrons. The van der Waals surface area contributed by atoms with Crippen molar-refractivity contribution in [3.63, 3.8) is 0 Å². The monoisotopic (exact) mass is 328 g/mol. The summed E-state index contributed by atoms with van der Waals surface area (Å²) < 4.78 is 5.35. The standard InChI is InChI=1S/C19H25N3O2/c1-15(18-6-5-13-24-18)20-14-19(23)21-16-7-9-17(10-8-16)22-11-3-2-4-12-22/h5-10,13,15,20H,2-4,11-12,14H2,1H3,(H,21,23)/p+1/t15-/m1/s1. The minimum atomic E-state index is -0.000807. The number of nitrogens with two attached hydrogens (primary N) is 1. The lowest BCUT2D eigenvalue weighted by atomic mass is 10.1. The summed E-state index contributed by atoms with van der Waals surface area (Å²) in [7, 11) is 0. The third kappa shape index (κ3) is 4.38. The van der Waals surface area contributed by atoms with Crippen molar-refractivity contribution in [2.75, 3.05) is 29.9 Å². The topological polar surface area (TPSA) is 62.1 Å². The zero-order valence-corrected chi connectivity index (χ0v) is 14.2. The van der Waals surface area contributed by atoms with Crippen LogP contribution in [0.1, 0.15) is 38.0 Å². The molecule has 2 aromatic rings. The first-order chi connectivity index (χ1) is 11.7. The summed E-state index contributed by atoms with van der Waals surface area (Å²) in [5.41, 5.74) is 2.09. The molecule has 0 bridgehead atoms. The SMILES string of the molecule is C[C@@H]([NH2+]CC(=O)Nc1ccc(N2CCCCC2)cc1)c1ccco1. The van der Waals surface area contributed by atoms with Crippen LogP contribution in [0, 0.1) is 0 Å². The van der Waals surface area contributed by atoms with E-state index in [0.717, 1.165) is 24.5 Å². The molecule has 0 aliphatic carbocycles. The van der Waals surface area contributed by atoms with Gasteiger partial charge in [0.2, 0.25) is 0 Å². The van der Waals surface area contributed by atoms with Crippen molar-refractivity contribution < 1.29 is 14.5 Å². The first-order valence-corrected chi connectivity index (χ1v) is 8.74. The molecule has 1 aromatic carbocycles. The van der Waals surface area contributed by atoms with E-state index in [9.17, 15) is 4.79 Å². The molecule has 1 saturated heterocycles. The molecule has 1 fully saturated rings. The largest absolute Gasteiger partial charge is 0.463 e. The van der Waals surface area contributed by atoms with Gasteiger partial charge >= 0.3 is 0 Å². The molecule has 0 saturated carbocycles. The van der Waals surface area contributed by atoms with Crippen LogP contribution in [0.2, 0.25) is 0 Å². The first-order valence-electron chi connectivity index (χ1n) is 8.74. The predicted octanol–water partition coefficient (Wildman–Crippen LogP) is 2.53. The Morgan fingerprint density at radius 1 is 1.21 bits per heavy atom. The summed E-state index contributed by atoms with van der Waals surface area (Å²) in [6.45, 7) is 4.66. The van der Waals surface area contributed by atoms with Crippen molar-refractivity contribution >= 4 is 17.3 Å². The van der Waals surface area contributed by atoms with E-state index in [1.165, 1.54) is 24.9 Å². The highest BCUT2D eigenvalue weighted by atomic mass is 16.3. The number of benzene rings is 1. The molecule has 1 aliphatic heterocycles. The fourth-order valence-electron chi connectivity index (χ4n) is 3.07. The minimum Gasteiger partial charge on any atom is -0.463 e. The first kappa shape index (κ1) is 16.6. The number of furan rings is 1. The van der Waals surface area contributed by atoms with E-state index in [0.29, 0.717) is 6.54 Å². The molecule has 1 amide bonds. The number of hydrogen-bond acceptors (Lipinski definition) is 3. The van der Waals surface area contributed by atoms with Crippen molar-refractivity contribution in [1.29, 1.82) is 0 Å². The number of hydrogen-bond donors (Lipinski definition) is 2. The molecule has 0 unspecified atom stereocenters. The molecule has 5 nitrogen and oxygen atoms in total. The molecule has 3 N–H and O–H groups in total. The Morgan fingerprint density at radius 3 is 2.62 bits per heavy atom. The van der Waals surface area contributed by atoms with Gasteiger partial charge in [-0.3, -0.25) is 4.79 Å². The summed E-state index contributed by atoms with van der Waals surface area (Å²) in [5, 5.41) is 4.92. The van der Waals surface area contributed by atoms with Gasteiger partial charge in [0.25, 0.3) is 5.91 Å². The molecule has 24 heavy (non-hydrogen) atoms. The van der Waals surface area contributed by atoms with E-state index >= 15 is 0 Å². The van der Waals surface area contributed by atoms with Crippen LogP contribution in [0.3, 0.4) is 0 Å². The van der Waals surface area contributed by atoms with E-state index in [1.807, 2.05) is 36.5 Å². The second kappa shape index (κ2) is 8.02. The lowest BCUT2D eigenvalue weighted by molar-refractivity contribution is -0.684. The Morgan fingerprint density at radius 2 is 1.96 bits per heavy atom. The average molecular weight is 328 g/mol. The van der Waals surface area contributed by atoms with Gasteiger partial charge in [-0.1, -0.05) is 0 Å². The van der Waals surface area contributed by atoms with E-state index in [4.69, 9.17) is 4.42 Å². The smallest absolute Gasteiger partial charge is 0.279 e. The van der Waals surface area contributed by atoms with Gasteiger partial charge in [-0.05, 0) is 62.6 Å². The van der Waals surface area contributed by atoms with Crippen LogP contribution in [0.5, 0.6) is 0 Å². The van der Waals surface area contributed by atoms with Gasteiger partial charge < -0.3 is 20.0 Å². The van der Waals surface area contributed by atoms with Gasteiger partial charge in [-0.2, -0.15) is 0 Å². The van der Waals surface area contributed by atoms with E-state index < -0.39 is 0 Å². The van der Waals surface area contributed by atoms with Crippen molar-refractivity contribution in [3.05, 3.63) is 48.4 Å². The molecule has 1 aromatic heterocycles. The quantitative estimate of drug-likeness (QED) is 0.856. The van der Waals surface area contributed by atoms with Gasteiger partial charge in [0.05, 0.1) is 6.26 Å². The Balaban J connectivity index is 1.47. The number of nitrogens with zero attached hydrogens (tertiary/aromatic N) is 1. The molecule has 0 radical (unpaired) electrons. The van der Waals surface area contributed by atoms with Crippen molar-refractivity contribution in [1.82, 2.24) is 0 Å². The summed E-state index contributed by atoms with van der Waals surface area (Å²) in [6, 6.07) is 12.1. The predicted molar refractivity (Wildman–Crippen MR) is 95.1 cm³/mol. The Bertz CT molecular complexity index is 631. The summed E-state index contributed by atoms with van der Waals surface area (Å²) >= 11 is 0. The highest BCUT2D eigenvalue weighted by Crippen LogP contribution is 2.21. The molecule has 1 atom stereocenters. The molecule has 0 spiro atoms. The number of rotatable bonds is 6.